The third-order valence-corrected chi connectivity index (χ3v) is 5.29. The average molecular weight is 380 g/mol. The number of likely N-dealkylation sites (N-methyl/N-ethyl adjacent to an activating group) is 1. The van der Waals surface area contributed by atoms with E-state index in [2.05, 4.69) is 10.3 Å². The number of carbonyl (C=O) groups is 2. The average Bonchev–Trinajstić information content (AvgIpc) is 3.33. The summed E-state index contributed by atoms with van der Waals surface area (Å²) in [6, 6.07) is 11.0. The molecule has 0 saturated heterocycles. The lowest BCUT2D eigenvalue weighted by Crippen LogP contribution is -2.41. The van der Waals surface area contributed by atoms with E-state index in [-0.39, 0.29) is 23.3 Å². The first kappa shape index (κ1) is 18.0. The van der Waals surface area contributed by atoms with Gasteiger partial charge in [-0.25, -0.2) is 4.79 Å². The first-order chi connectivity index (χ1) is 13.5. The van der Waals surface area contributed by atoms with Gasteiger partial charge < -0.3 is 14.5 Å². The minimum atomic E-state index is -1.05. The summed E-state index contributed by atoms with van der Waals surface area (Å²) in [6.45, 7) is 0. The number of rotatable bonds is 4. The summed E-state index contributed by atoms with van der Waals surface area (Å²) in [5.74, 6) is -0.765. The van der Waals surface area contributed by atoms with Gasteiger partial charge in [0.05, 0.1) is 0 Å². The van der Waals surface area contributed by atoms with Gasteiger partial charge in [0.2, 0.25) is 0 Å². The van der Waals surface area contributed by atoms with Crippen LogP contribution in [-0.4, -0.2) is 49.9 Å². The van der Waals surface area contributed by atoms with E-state index in [0.29, 0.717) is 24.2 Å². The number of carboxylic acids is 1. The van der Waals surface area contributed by atoms with Crippen LogP contribution in [-0.2, 0) is 19.9 Å². The molecule has 2 aromatic heterocycles. The zero-order chi connectivity index (χ0) is 19.8. The fourth-order valence-corrected chi connectivity index (χ4v) is 3.73. The van der Waals surface area contributed by atoms with Crippen molar-refractivity contribution in [3.05, 3.63) is 59.0 Å². The number of benzene rings is 1. The highest BCUT2D eigenvalue weighted by atomic mass is 16.5. The monoisotopic (exact) mass is 380 g/mol. The van der Waals surface area contributed by atoms with Crippen LogP contribution in [0.2, 0.25) is 0 Å². The quantitative estimate of drug-likeness (QED) is 0.746. The molecular formula is C20H20N4O4. The van der Waals surface area contributed by atoms with E-state index in [4.69, 9.17) is 4.52 Å². The topological polar surface area (TPSA) is 101 Å². The molecule has 1 aromatic carbocycles. The smallest absolute Gasteiger partial charge is 0.356 e. The minimum Gasteiger partial charge on any atom is -0.476 e. The zero-order valence-corrected chi connectivity index (χ0v) is 15.6. The van der Waals surface area contributed by atoms with Crippen molar-refractivity contribution >= 4 is 11.9 Å². The molecule has 0 spiro atoms. The van der Waals surface area contributed by atoms with Gasteiger partial charge in [-0.05, 0) is 19.3 Å². The van der Waals surface area contributed by atoms with Crippen LogP contribution in [0.5, 0.6) is 0 Å². The van der Waals surface area contributed by atoms with Gasteiger partial charge in [0, 0.05) is 43.0 Å². The number of carbonyl (C=O) groups excluding carboxylic acids is 1. The highest BCUT2D eigenvalue weighted by Gasteiger charge is 2.32. The van der Waals surface area contributed by atoms with Crippen LogP contribution in [0, 0.1) is 0 Å². The molecule has 1 aliphatic carbocycles. The molecule has 0 radical (unpaired) electrons. The standard InChI is InChI=1S/C20H20N4O4/c1-23(13-8-9-16-14(10-13)18(20(26)27)21-24(16)2)19(25)15-11-17(28-22-15)12-6-4-3-5-7-12/h3-7,11,13H,8-10H2,1-2H3,(H,26,27)/t13-/m1/s1. The van der Waals surface area contributed by atoms with Crippen LogP contribution in [0.15, 0.2) is 40.9 Å². The zero-order valence-electron chi connectivity index (χ0n) is 15.6. The van der Waals surface area contributed by atoms with Crippen LogP contribution in [0.1, 0.15) is 38.7 Å². The lowest BCUT2D eigenvalue weighted by atomic mass is 9.90. The molecule has 4 rings (SSSR count). The predicted octanol–water partition coefficient (Wildman–Crippen LogP) is 2.40. The summed E-state index contributed by atoms with van der Waals surface area (Å²) in [5, 5.41) is 17.4. The number of amides is 1. The van der Waals surface area contributed by atoms with Gasteiger partial charge in [-0.15, -0.1) is 0 Å². The molecule has 0 fully saturated rings. The van der Waals surface area contributed by atoms with E-state index in [1.165, 1.54) is 0 Å². The van der Waals surface area contributed by atoms with Crippen molar-refractivity contribution in [1.29, 1.82) is 0 Å². The van der Waals surface area contributed by atoms with Gasteiger partial charge in [-0.1, -0.05) is 35.5 Å². The van der Waals surface area contributed by atoms with Crippen molar-refractivity contribution < 1.29 is 19.2 Å². The highest BCUT2D eigenvalue weighted by molar-refractivity contribution is 5.93. The number of hydrogen-bond donors (Lipinski definition) is 1. The first-order valence-electron chi connectivity index (χ1n) is 9.03. The fourth-order valence-electron chi connectivity index (χ4n) is 3.73. The molecule has 28 heavy (non-hydrogen) atoms. The molecule has 144 valence electrons. The van der Waals surface area contributed by atoms with Crippen molar-refractivity contribution in [2.75, 3.05) is 7.05 Å². The summed E-state index contributed by atoms with van der Waals surface area (Å²) in [7, 11) is 3.46. The van der Waals surface area contributed by atoms with E-state index >= 15 is 0 Å². The Labute approximate surface area is 161 Å². The molecule has 8 heteroatoms. The van der Waals surface area contributed by atoms with Crippen molar-refractivity contribution in [2.24, 2.45) is 7.05 Å². The van der Waals surface area contributed by atoms with Gasteiger partial charge in [0.25, 0.3) is 5.91 Å². The molecule has 0 saturated carbocycles. The number of hydrogen-bond acceptors (Lipinski definition) is 5. The van der Waals surface area contributed by atoms with Crippen molar-refractivity contribution in [1.82, 2.24) is 19.8 Å². The van der Waals surface area contributed by atoms with Crippen LogP contribution in [0.4, 0.5) is 0 Å². The third kappa shape index (κ3) is 3.06. The van der Waals surface area contributed by atoms with Gasteiger partial charge in [-0.3, -0.25) is 9.48 Å². The first-order valence-corrected chi connectivity index (χ1v) is 9.03. The maximum Gasteiger partial charge on any atom is 0.356 e. The second-order valence-electron chi connectivity index (χ2n) is 6.96. The largest absolute Gasteiger partial charge is 0.476 e. The second-order valence-corrected chi connectivity index (χ2v) is 6.96. The molecule has 1 aliphatic rings. The maximum atomic E-state index is 12.9. The number of aromatic nitrogens is 3. The van der Waals surface area contributed by atoms with Crippen LogP contribution in [0.25, 0.3) is 11.3 Å². The van der Waals surface area contributed by atoms with Crippen LogP contribution in [0.3, 0.4) is 0 Å². The number of nitrogens with zero attached hydrogens (tertiary/aromatic N) is 4. The van der Waals surface area contributed by atoms with Crippen LogP contribution >= 0.6 is 0 Å². The Bertz CT molecular complexity index is 1040. The number of aryl methyl sites for hydroxylation is 1. The van der Waals surface area contributed by atoms with Crippen molar-refractivity contribution in [3.63, 3.8) is 0 Å². The fraction of sp³-hybridized carbons (Fsp3) is 0.300. The molecule has 1 atom stereocenters. The molecule has 3 aromatic rings. The van der Waals surface area contributed by atoms with Crippen molar-refractivity contribution in [3.8, 4) is 11.3 Å². The Kier molecular flexibility index (Phi) is 4.46. The third-order valence-electron chi connectivity index (χ3n) is 5.29. The van der Waals surface area contributed by atoms with Crippen molar-refractivity contribution in [2.45, 2.75) is 25.3 Å². The Morgan fingerprint density at radius 1 is 1.29 bits per heavy atom. The van der Waals surface area contributed by atoms with E-state index in [1.54, 1.807) is 29.7 Å². The van der Waals surface area contributed by atoms with E-state index in [9.17, 15) is 14.7 Å². The summed E-state index contributed by atoms with van der Waals surface area (Å²) in [4.78, 5) is 26.0. The Morgan fingerprint density at radius 3 is 2.75 bits per heavy atom. The van der Waals surface area contributed by atoms with Gasteiger partial charge in [0.1, 0.15) is 0 Å². The van der Waals surface area contributed by atoms with E-state index < -0.39 is 5.97 Å². The normalized spacial score (nSPS) is 15.9. The Balaban J connectivity index is 1.54. The summed E-state index contributed by atoms with van der Waals surface area (Å²) in [6.07, 6.45) is 1.86. The summed E-state index contributed by atoms with van der Waals surface area (Å²) >= 11 is 0. The van der Waals surface area contributed by atoms with Crippen LogP contribution < -0.4 is 0 Å². The van der Waals surface area contributed by atoms with Gasteiger partial charge >= 0.3 is 5.97 Å². The van der Waals surface area contributed by atoms with E-state index in [1.807, 2.05) is 30.3 Å². The molecule has 0 unspecified atom stereocenters. The Hall–Kier alpha value is -3.42. The molecule has 0 bridgehead atoms. The lowest BCUT2D eigenvalue weighted by Gasteiger charge is -2.31. The number of fused-ring (bicyclic) bond motifs is 1. The molecule has 1 amide bonds. The number of aromatic carboxylic acids is 1. The predicted molar refractivity (Wildman–Crippen MR) is 100 cm³/mol. The lowest BCUT2D eigenvalue weighted by molar-refractivity contribution is 0.0687. The number of carboxylic acid groups (broad SMARTS) is 1. The second kappa shape index (κ2) is 6.95. The highest BCUT2D eigenvalue weighted by Crippen LogP contribution is 2.28. The molecule has 0 aliphatic heterocycles. The molecule has 1 N–H and O–H groups in total. The SMILES string of the molecule is CN(C(=O)c1cc(-c2ccccc2)on1)[C@@H]1CCc2c(c(C(=O)O)nn2C)C1. The summed E-state index contributed by atoms with van der Waals surface area (Å²) < 4.78 is 6.96. The molecule has 2 heterocycles. The molecule has 8 nitrogen and oxygen atoms in total. The minimum absolute atomic E-state index is 0.0656. The summed E-state index contributed by atoms with van der Waals surface area (Å²) in [5.41, 5.74) is 2.77. The Morgan fingerprint density at radius 2 is 2.04 bits per heavy atom. The van der Waals surface area contributed by atoms with Gasteiger partial charge in [-0.2, -0.15) is 5.10 Å². The van der Waals surface area contributed by atoms with E-state index in [0.717, 1.165) is 17.7 Å². The van der Waals surface area contributed by atoms with Gasteiger partial charge in [0.15, 0.2) is 17.1 Å². The maximum absolute atomic E-state index is 12.9. The molecular weight excluding hydrogens is 360 g/mol.